The van der Waals surface area contributed by atoms with Gasteiger partial charge in [-0.25, -0.2) is 9.67 Å². The van der Waals surface area contributed by atoms with E-state index in [0.717, 1.165) is 29.2 Å². The average molecular weight is 313 g/mol. The molecule has 2 heterocycles. The highest BCUT2D eigenvalue weighted by Gasteiger charge is 2.27. The van der Waals surface area contributed by atoms with E-state index in [1.165, 1.54) is 0 Å². The molecule has 0 saturated carbocycles. The molecule has 0 saturated heterocycles. The van der Waals surface area contributed by atoms with Crippen LogP contribution in [0.4, 0.5) is 0 Å². The summed E-state index contributed by atoms with van der Waals surface area (Å²) in [6.45, 7) is 11.9. The number of aryl methyl sites for hydroxylation is 2. The molecule has 21 heavy (non-hydrogen) atoms. The Balaban J connectivity index is 2.75. The molecule has 118 valence electrons. The number of aromatic nitrogens is 4. The fraction of sp³-hybridized carbons (Fsp3) is 0.733. The first-order valence-electron chi connectivity index (χ1n) is 7.50. The Morgan fingerprint density at radius 2 is 1.95 bits per heavy atom. The fourth-order valence-electron chi connectivity index (χ4n) is 2.77. The fourth-order valence-corrected chi connectivity index (χ4v) is 2.92. The number of halogens is 1. The number of alkyl halides is 1. The van der Waals surface area contributed by atoms with E-state index in [1.807, 2.05) is 18.5 Å². The number of fused-ring (bicyclic) bond motifs is 1. The molecule has 0 bridgehead atoms. The van der Waals surface area contributed by atoms with Crippen LogP contribution in [0.3, 0.4) is 0 Å². The summed E-state index contributed by atoms with van der Waals surface area (Å²) in [4.78, 5) is 4.76. The first kappa shape index (κ1) is 16.3. The van der Waals surface area contributed by atoms with Gasteiger partial charge in [-0.05, 0) is 26.7 Å². The summed E-state index contributed by atoms with van der Waals surface area (Å²) in [6, 6.07) is 0.192. The molecular formula is C15H25ClN4O. The average Bonchev–Trinajstić information content (AvgIpc) is 2.94. The van der Waals surface area contributed by atoms with Crippen LogP contribution in [0.25, 0.3) is 11.2 Å². The zero-order valence-electron chi connectivity index (χ0n) is 13.7. The third kappa shape index (κ3) is 2.81. The van der Waals surface area contributed by atoms with Crippen LogP contribution in [-0.4, -0.2) is 33.0 Å². The molecule has 0 radical (unpaired) electrons. The van der Waals surface area contributed by atoms with Crippen molar-refractivity contribution < 1.29 is 4.74 Å². The summed E-state index contributed by atoms with van der Waals surface area (Å²) in [7, 11) is 1.73. The van der Waals surface area contributed by atoms with Crippen molar-refractivity contribution in [3.8, 4) is 0 Å². The Labute approximate surface area is 131 Å². The van der Waals surface area contributed by atoms with Crippen molar-refractivity contribution >= 4 is 22.8 Å². The smallest absolute Gasteiger partial charge is 0.159 e. The Kier molecular flexibility index (Phi) is 4.94. The van der Waals surface area contributed by atoms with Gasteiger partial charge in [0.2, 0.25) is 0 Å². The lowest BCUT2D eigenvalue weighted by atomic mass is 10.0. The van der Waals surface area contributed by atoms with Crippen molar-refractivity contribution in [1.82, 2.24) is 19.3 Å². The van der Waals surface area contributed by atoms with Crippen LogP contribution in [0.15, 0.2) is 0 Å². The summed E-state index contributed by atoms with van der Waals surface area (Å²) >= 11 is 6.38. The SMILES string of the molecule is CCn1nc(C)c2nc(C(C)Cl)n(C(COC)C(C)C)c21. The van der Waals surface area contributed by atoms with Gasteiger partial charge in [0, 0.05) is 13.7 Å². The first-order chi connectivity index (χ1) is 9.92. The summed E-state index contributed by atoms with van der Waals surface area (Å²) in [5.74, 6) is 1.31. The van der Waals surface area contributed by atoms with Crippen molar-refractivity contribution in [2.75, 3.05) is 13.7 Å². The Morgan fingerprint density at radius 1 is 1.29 bits per heavy atom. The van der Waals surface area contributed by atoms with Gasteiger partial charge in [-0.3, -0.25) is 0 Å². The lowest BCUT2D eigenvalue weighted by Gasteiger charge is -2.25. The zero-order chi connectivity index (χ0) is 15.7. The van der Waals surface area contributed by atoms with Crippen molar-refractivity contribution in [1.29, 1.82) is 0 Å². The lowest BCUT2D eigenvalue weighted by molar-refractivity contribution is 0.133. The van der Waals surface area contributed by atoms with Gasteiger partial charge < -0.3 is 9.30 Å². The molecule has 0 aliphatic heterocycles. The Morgan fingerprint density at radius 3 is 2.43 bits per heavy atom. The molecule has 6 heteroatoms. The topological polar surface area (TPSA) is 44.9 Å². The maximum Gasteiger partial charge on any atom is 0.159 e. The van der Waals surface area contributed by atoms with Crippen LogP contribution in [0, 0.1) is 12.8 Å². The third-order valence-electron chi connectivity index (χ3n) is 3.87. The molecule has 0 spiro atoms. The number of nitrogens with zero attached hydrogens (tertiary/aromatic N) is 4. The number of imidazole rings is 1. The summed E-state index contributed by atoms with van der Waals surface area (Å²) in [6.07, 6.45) is 0. The molecule has 0 N–H and O–H groups in total. The van der Waals surface area contributed by atoms with E-state index in [1.54, 1.807) is 7.11 Å². The summed E-state index contributed by atoms with van der Waals surface area (Å²) < 4.78 is 9.66. The first-order valence-corrected chi connectivity index (χ1v) is 7.94. The molecule has 0 fully saturated rings. The molecule has 2 rings (SSSR count). The van der Waals surface area contributed by atoms with Crippen LogP contribution in [0.5, 0.6) is 0 Å². The Hall–Kier alpha value is -1.07. The number of hydrogen-bond acceptors (Lipinski definition) is 3. The lowest BCUT2D eigenvalue weighted by Crippen LogP contribution is -2.24. The van der Waals surface area contributed by atoms with E-state index in [4.69, 9.17) is 21.3 Å². The van der Waals surface area contributed by atoms with Crippen molar-refractivity contribution in [3.05, 3.63) is 11.5 Å². The minimum atomic E-state index is -0.153. The highest BCUT2D eigenvalue weighted by atomic mass is 35.5. The summed E-state index contributed by atoms with van der Waals surface area (Å²) in [5, 5.41) is 4.43. The van der Waals surface area contributed by atoms with Crippen molar-refractivity contribution in [2.24, 2.45) is 5.92 Å². The van der Waals surface area contributed by atoms with Gasteiger partial charge in [0.25, 0.3) is 0 Å². The summed E-state index contributed by atoms with van der Waals surface area (Å²) in [5.41, 5.74) is 2.94. The van der Waals surface area contributed by atoms with Gasteiger partial charge in [0.15, 0.2) is 5.65 Å². The Bertz CT molecular complexity index is 615. The van der Waals surface area contributed by atoms with Gasteiger partial charge in [-0.2, -0.15) is 5.10 Å². The van der Waals surface area contributed by atoms with Crippen molar-refractivity contribution in [2.45, 2.75) is 52.6 Å². The number of methoxy groups -OCH3 is 1. The normalized spacial score (nSPS) is 15.0. The molecule has 0 aliphatic carbocycles. The van der Waals surface area contributed by atoms with E-state index in [9.17, 15) is 0 Å². The van der Waals surface area contributed by atoms with Crippen LogP contribution in [0.2, 0.25) is 0 Å². The second-order valence-electron chi connectivity index (χ2n) is 5.80. The van der Waals surface area contributed by atoms with Crippen LogP contribution in [0.1, 0.15) is 50.6 Å². The van der Waals surface area contributed by atoms with E-state index >= 15 is 0 Å². The predicted molar refractivity (Wildman–Crippen MR) is 85.9 cm³/mol. The molecule has 0 aromatic carbocycles. The van der Waals surface area contributed by atoms with E-state index in [-0.39, 0.29) is 11.4 Å². The molecule has 0 amide bonds. The highest BCUT2D eigenvalue weighted by Crippen LogP contribution is 2.32. The number of ether oxygens (including phenoxy) is 1. The van der Waals surface area contributed by atoms with Gasteiger partial charge >= 0.3 is 0 Å². The predicted octanol–water partition coefficient (Wildman–Crippen LogP) is 3.70. The second kappa shape index (κ2) is 6.36. The number of rotatable bonds is 6. The minimum Gasteiger partial charge on any atom is -0.383 e. The molecule has 2 unspecified atom stereocenters. The molecule has 2 aromatic rings. The van der Waals surface area contributed by atoms with Crippen LogP contribution < -0.4 is 0 Å². The molecule has 5 nitrogen and oxygen atoms in total. The van der Waals surface area contributed by atoms with Gasteiger partial charge in [-0.1, -0.05) is 13.8 Å². The van der Waals surface area contributed by atoms with Crippen LogP contribution in [-0.2, 0) is 11.3 Å². The van der Waals surface area contributed by atoms with Gasteiger partial charge in [0.05, 0.1) is 23.7 Å². The van der Waals surface area contributed by atoms with Gasteiger partial charge in [0.1, 0.15) is 11.3 Å². The van der Waals surface area contributed by atoms with Crippen molar-refractivity contribution in [3.63, 3.8) is 0 Å². The standard InChI is InChI=1S/C15H25ClN4O/c1-7-19-15-13(11(5)18-19)17-14(10(4)16)20(15)12(8-21-6)9(2)3/h9-10,12H,7-8H2,1-6H3. The highest BCUT2D eigenvalue weighted by molar-refractivity contribution is 6.20. The molecule has 2 atom stereocenters. The molecular weight excluding hydrogens is 288 g/mol. The maximum absolute atomic E-state index is 6.38. The quantitative estimate of drug-likeness (QED) is 0.764. The monoisotopic (exact) mass is 312 g/mol. The molecule has 0 aliphatic rings. The molecule has 2 aromatic heterocycles. The van der Waals surface area contributed by atoms with Crippen LogP contribution >= 0.6 is 11.6 Å². The zero-order valence-corrected chi connectivity index (χ0v) is 14.5. The van der Waals surface area contributed by atoms with E-state index in [0.29, 0.717) is 12.5 Å². The van der Waals surface area contributed by atoms with E-state index in [2.05, 4.69) is 30.4 Å². The minimum absolute atomic E-state index is 0.153. The van der Waals surface area contributed by atoms with E-state index < -0.39 is 0 Å². The maximum atomic E-state index is 6.38. The largest absolute Gasteiger partial charge is 0.383 e. The number of hydrogen-bond donors (Lipinski definition) is 0. The third-order valence-corrected chi connectivity index (χ3v) is 4.06. The van der Waals surface area contributed by atoms with Gasteiger partial charge in [-0.15, -0.1) is 11.6 Å². The second-order valence-corrected chi connectivity index (χ2v) is 6.45.